The summed E-state index contributed by atoms with van der Waals surface area (Å²) in [5.41, 5.74) is 4.86. The average Bonchev–Trinajstić information content (AvgIpc) is 2.86. The van der Waals surface area contributed by atoms with Crippen LogP contribution in [0.15, 0.2) is 42.5 Å². The highest BCUT2D eigenvalue weighted by Gasteiger charge is 2.15. The summed E-state index contributed by atoms with van der Waals surface area (Å²) in [7, 11) is 4.09. The van der Waals surface area contributed by atoms with Crippen molar-refractivity contribution in [1.29, 1.82) is 0 Å². The minimum Gasteiger partial charge on any atom is -0.315 e. The first kappa shape index (κ1) is 18.8. The number of aromatic nitrogens is 3. The Labute approximate surface area is 164 Å². The summed E-state index contributed by atoms with van der Waals surface area (Å²) in [5, 5.41) is 5.41. The second-order valence-electron chi connectivity index (χ2n) is 6.87. The molecule has 0 amide bonds. The van der Waals surface area contributed by atoms with Crippen molar-refractivity contribution in [3.8, 4) is 11.4 Å². The Balaban J connectivity index is 1.83. The van der Waals surface area contributed by atoms with E-state index in [-0.39, 0.29) is 0 Å². The lowest BCUT2D eigenvalue weighted by molar-refractivity contribution is -0.917. The van der Waals surface area contributed by atoms with E-state index < -0.39 is 0 Å². The molecular formula is C20H24ClN4S+. The molecule has 1 heterocycles. The number of hydrogen-bond donors (Lipinski definition) is 1. The fourth-order valence-corrected chi connectivity index (χ4v) is 3.56. The first-order valence-corrected chi connectivity index (χ1v) is 9.41. The van der Waals surface area contributed by atoms with Gasteiger partial charge in [0, 0.05) is 18.2 Å². The van der Waals surface area contributed by atoms with Gasteiger partial charge in [-0.15, -0.1) is 5.10 Å². The molecule has 0 saturated carbocycles. The SMILES string of the molecule is Cc1ccc(C[NH+](C)Cn2nc(-c3ccccc3Cl)n(C)c2=S)c(C)c1. The Morgan fingerprint density at radius 3 is 2.58 bits per heavy atom. The second kappa shape index (κ2) is 7.74. The Morgan fingerprint density at radius 2 is 1.88 bits per heavy atom. The van der Waals surface area contributed by atoms with Crippen molar-refractivity contribution in [2.75, 3.05) is 7.05 Å². The molecule has 3 aromatic rings. The Hall–Kier alpha value is -1.95. The maximum Gasteiger partial charge on any atom is 0.202 e. The van der Waals surface area contributed by atoms with Gasteiger partial charge in [-0.25, -0.2) is 0 Å². The second-order valence-corrected chi connectivity index (χ2v) is 7.64. The zero-order valence-corrected chi connectivity index (χ0v) is 17.2. The average molecular weight is 388 g/mol. The molecule has 0 bridgehead atoms. The highest BCUT2D eigenvalue weighted by atomic mass is 35.5. The standard InChI is InChI=1S/C20H23ClN4S/c1-14-9-10-16(15(2)11-14)12-23(3)13-25-20(26)24(4)19(22-25)17-7-5-6-8-18(17)21/h5-11H,12-13H2,1-4H3/p+1. The van der Waals surface area contributed by atoms with Crippen LogP contribution in [-0.2, 0) is 20.3 Å². The van der Waals surface area contributed by atoms with Crippen molar-refractivity contribution in [2.24, 2.45) is 7.05 Å². The van der Waals surface area contributed by atoms with Gasteiger partial charge in [-0.3, -0.25) is 0 Å². The van der Waals surface area contributed by atoms with Gasteiger partial charge in [-0.2, -0.15) is 4.68 Å². The van der Waals surface area contributed by atoms with Crippen LogP contribution in [0.1, 0.15) is 16.7 Å². The van der Waals surface area contributed by atoms with Gasteiger partial charge in [0.2, 0.25) is 4.77 Å². The fraction of sp³-hybridized carbons (Fsp3) is 0.300. The molecule has 4 nitrogen and oxygen atoms in total. The molecule has 136 valence electrons. The molecule has 0 aliphatic rings. The molecular weight excluding hydrogens is 364 g/mol. The minimum atomic E-state index is 0.679. The summed E-state index contributed by atoms with van der Waals surface area (Å²) in [5.74, 6) is 0.792. The van der Waals surface area contributed by atoms with Gasteiger partial charge in [0.15, 0.2) is 12.5 Å². The fourth-order valence-electron chi connectivity index (χ4n) is 3.15. The summed E-state index contributed by atoms with van der Waals surface area (Å²) >= 11 is 11.9. The van der Waals surface area contributed by atoms with Crippen molar-refractivity contribution in [3.63, 3.8) is 0 Å². The van der Waals surface area contributed by atoms with Crippen LogP contribution in [0.3, 0.4) is 0 Å². The predicted molar refractivity (Wildman–Crippen MR) is 109 cm³/mol. The lowest BCUT2D eigenvalue weighted by atomic mass is 10.1. The molecule has 0 aliphatic heterocycles. The Morgan fingerprint density at radius 1 is 1.15 bits per heavy atom. The van der Waals surface area contributed by atoms with Gasteiger partial charge in [0.1, 0.15) is 6.54 Å². The number of nitrogens with zero attached hydrogens (tertiary/aromatic N) is 3. The first-order chi connectivity index (χ1) is 12.4. The summed E-state index contributed by atoms with van der Waals surface area (Å²) in [6, 6.07) is 14.3. The Bertz CT molecular complexity index is 990. The van der Waals surface area contributed by atoms with E-state index in [0.29, 0.717) is 16.5 Å². The molecule has 6 heteroatoms. The van der Waals surface area contributed by atoms with Crippen LogP contribution in [0.5, 0.6) is 0 Å². The van der Waals surface area contributed by atoms with Crippen molar-refractivity contribution in [3.05, 3.63) is 68.9 Å². The lowest BCUT2D eigenvalue weighted by Crippen LogP contribution is -3.07. The molecule has 1 atom stereocenters. The molecule has 1 N–H and O–H groups in total. The molecule has 3 rings (SSSR count). The normalized spacial score (nSPS) is 12.3. The maximum atomic E-state index is 6.33. The molecule has 1 aromatic heterocycles. The van der Waals surface area contributed by atoms with Gasteiger partial charge in [-0.1, -0.05) is 47.5 Å². The minimum absolute atomic E-state index is 0.679. The number of halogens is 1. The predicted octanol–water partition coefficient (Wildman–Crippen LogP) is 3.56. The molecule has 1 unspecified atom stereocenters. The molecule has 2 aromatic carbocycles. The molecule has 0 spiro atoms. The van der Waals surface area contributed by atoms with Crippen LogP contribution < -0.4 is 4.90 Å². The number of hydrogen-bond acceptors (Lipinski definition) is 2. The molecule has 0 radical (unpaired) electrons. The lowest BCUT2D eigenvalue weighted by Gasteiger charge is -2.15. The van der Waals surface area contributed by atoms with E-state index in [0.717, 1.165) is 17.9 Å². The van der Waals surface area contributed by atoms with E-state index in [1.54, 1.807) is 0 Å². The van der Waals surface area contributed by atoms with Crippen molar-refractivity contribution < 1.29 is 4.90 Å². The number of aryl methyl sites for hydroxylation is 2. The van der Waals surface area contributed by atoms with Crippen LogP contribution in [-0.4, -0.2) is 21.4 Å². The van der Waals surface area contributed by atoms with Crippen LogP contribution in [0.25, 0.3) is 11.4 Å². The van der Waals surface area contributed by atoms with E-state index in [9.17, 15) is 0 Å². The van der Waals surface area contributed by atoms with Crippen LogP contribution in [0.2, 0.25) is 5.02 Å². The van der Waals surface area contributed by atoms with Gasteiger partial charge in [0.05, 0.1) is 12.1 Å². The highest BCUT2D eigenvalue weighted by molar-refractivity contribution is 7.71. The smallest absolute Gasteiger partial charge is 0.202 e. The monoisotopic (exact) mass is 387 g/mol. The van der Waals surface area contributed by atoms with Crippen LogP contribution >= 0.6 is 23.8 Å². The number of nitrogens with one attached hydrogen (secondary N) is 1. The third-order valence-corrected chi connectivity index (χ3v) is 5.38. The number of quaternary nitrogens is 1. The van der Waals surface area contributed by atoms with Crippen molar-refractivity contribution in [2.45, 2.75) is 27.1 Å². The largest absolute Gasteiger partial charge is 0.315 e. The summed E-state index contributed by atoms with van der Waals surface area (Å²) < 4.78 is 4.49. The maximum absolute atomic E-state index is 6.33. The molecule has 26 heavy (non-hydrogen) atoms. The molecule has 0 aliphatic carbocycles. The summed E-state index contributed by atoms with van der Waals surface area (Å²) in [4.78, 5) is 1.32. The zero-order chi connectivity index (χ0) is 18.8. The van der Waals surface area contributed by atoms with Gasteiger partial charge in [-0.05, 0) is 43.8 Å². The van der Waals surface area contributed by atoms with E-state index in [1.807, 2.05) is 40.6 Å². The zero-order valence-electron chi connectivity index (χ0n) is 15.6. The topological polar surface area (TPSA) is 27.2 Å². The summed E-state index contributed by atoms with van der Waals surface area (Å²) in [6.45, 7) is 5.91. The number of benzene rings is 2. The van der Waals surface area contributed by atoms with Gasteiger partial charge < -0.3 is 9.47 Å². The van der Waals surface area contributed by atoms with E-state index in [1.165, 1.54) is 21.6 Å². The summed E-state index contributed by atoms with van der Waals surface area (Å²) in [6.07, 6.45) is 0. The van der Waals surface area contributed by atoms with E-state index in [2.05, 4.69) is 39.1 Å². The Kier molecular flexibility index (Phi) is 5.61. The van der Waals surface area contributed by atoms with Gasteiger partial charge >= 0.3 is 0 Å². The van der Waals surface area contributed by atoms with Crippen molar-refractivity contribution in [1.82, 2.24) is 14.3 Å². The molecule has 0 fully saturated rings. The number of rotatable bonds is 5. The van der Waals surface area contributed by atoms with Crippen molar-refractivity contribution >= 4 is 23.8 Å². The molecule has 0 saturated heterocycles. The third-order valence-electron chi connectivity index (χ3n) is 4.57. The quantitative estimate of drug-likeness (QED) is 0.678. The van der Waals surface area contributed by atoms with E-state index >= 15 is 0 Å². The van der Waals surface area contributed by atoms with E-state index in [4.69, 9.17) is 28.9 Å². The van der Waals surface area contributed by atoms with Crippen LogP contribution in [0, 0.1) is 18.6 Å². The third kappa shape index (κ3) is 3.90. The van der Waals surface area contributed by atoms with Crippen LogP contribution in [0.4, 0.5) is 0 Å². The van der Waals surface area contributed by atoms with Gasteiger partial charge in [0.25, 0.3) is 0 Å². The highest BCUT2D eigenvalue weighted by Crippen LogP contribution is 2.25. The first-order valence-electron chi connectivity index (χ1n) is 8.63.